The van der Waals surface area contributed by atoms with E-state index in [2.05, 4.69) is 46.0 Å². The van der Waals surface area contributed by atoms with E-state index in [1.807, 2.05) is 25.2 Å². The molecule has 0 bridgehead atoms. The molecule has 0 spiro atoms. The highest BCUT2D eigenvalue weighted by Crippen LogP contribution is 2.19. The van der Waals surface area contributed by atoms with Crippen molar-refractivity contribution in [3.8, 4) is 0 Å². The third kappa shape index (κ3) is 5.17. The van der Waals surface area contributed by atoms with E-state index in [4.69, 9.17) is 11.6 Å². The number of amides is 1. The Kier molecular flexibility index (Phi) is 6.94. The SMILES string of the molecule is C=C/C(=C\C=C(/C)Cl)N1CCN(c2ccc(CNC=O)cc2)CC1. The molecule has 1 fully saturated rings. The van der Waals surface area contributed by atoms with E-state index < -0.39 is 0 Å². The van der Waals surface area contributed by atoms with Crippen LogP contribution in [0.4, 0.5) is 5.69 Å². The average molecular weight is 346 g/mol. The van der Waals surface area contributed by atoms with Crippen molar-refractivity contribution >= 4 is 23.7 Å². The smallest absolute Gasteiger partial charge is 0.207 e. The minimum atomic E-state index is 0.568. The van der Waals surface area contributed by atoms with Gasteiger partial charge in [0.15, 0.2) is 0 Å². The van der Waals surface area contributed by atoms with Crippen molar-refractivity contribution in [2.24, 2.45) is 0 Å². The van der Waals surface area contributed by atoms with Gasteiger partial charge in [0, 0.05) is 49.1 Å². The third-order valence-corrected chi connectivity index (χ3v) is 4.15. The number of allylic oxidation sites excluding steroid dienone is 4. The van der Waals surface area contributed by atoms with Crippen LogP contribution < -0.4 is 10.2 Å². The van der Waals surface area contributed by atoms with E-state index in [0.29, 0.717) is 6.54 Å². The quantitative estimate of drug-likeness (QED) is 0.608. The standard InChI is InChI=1S/C19H24ClN3O/c1-3-18(7-4-16(2)20)22-10-12-23(13-11-22)19-8-5-17(6-9-19)14-21-15-24/h3-9,15H,1,10-14H2,2H3,(H,21,24)/b16-4+,18-7+. The van der Waals surface area contributed by atoms with Crippen LogP contribution in [0.1, 0.15) is 12.5 Å². The van der Waals surface area contributed by atoms with Crippen molar-refractivity contribution < 1.29 is 4.79 Å². The summed E-state index contributed by atoms with van der Waals surface area (Å²) in [6.07, 6.45) is 6.51. The van der Waals surface area contributed by atoms with Crippen LogP contribution in [-0.2, 0) is 11.3 Å². The van der Waals surface area contributed by atoms with Gasteiger partial charge in [0.05, 0.1) is 0 Å². The van der Waals surface area contributed by atoms with Crippen LogP contribution in [0, 0.1) is 0 Å². The van der Waals surface area contributed by atoms with Gasteiger partial charge in [0.1, 0.15) is 0 Å². The van der Waals surface area contributed by atoms with Gasteiger partial charge in [0.2, 0.25) is 6.41 Å². The number of rotatable bonds is 7. The fourth-order valence-electron chi connectivity index (χ4n) is 2.71. The van der Waals surface area contributed by atoms with Crippen molar-refractivity contribution in [1.82, 2.24) is 10.2 Å². The largest absolute Gasteiger partial charge is 0.368 e. The van der Waals surface area contributed by atoms with Crippen LogP contribution >= 0.6 is 11.6 Å². The molecule has 4 nitrogen and oxygen atoms in total. The molecule has 1 N–H and O–H groups in total. The summed E-state index contributed by atoms with van der Waals surface area (Å²) in [4.78, 5) is 15.0. The first kappa shape index (κ1) is 18.1. The normalized spacial score (nSPS) is 16.1. The van der Waals surface area contributed by atoms with Gasteiger partial charge in [-0.2, -0.15) is 0 Å². The first-order chi connectivity index (χ1) is 11.6. The molecular formula is C19H24ClN3O. The van der Waals surface area contributed by atoms with Crippen LogP contribution in [0.2, 0.25) is 0 Å². The average Bonchev–Trinajstić information content (AvgIpc) is 2.61. The zero-order chi connectivity index (χ0) is 17.4. The van der Waals surface area contributed by atoms with Crippen LogP contribution in [0.25, 0.3) is 0 Å². The molecule has 0 atom stereocenters. The second-order valence-corrected chi connectivity index (χ2v) is 6.28. The summed E-state index contributed by atoms with van der Waals surface area (Å²) in [6, 6.07) is 8.34. The van der Waals surface area contributed by atoms with E-state index in [1.54, 1.807) is 0 Å². The Hall–Kier alpha value is -2.20. The molecule has 0 unspecified atom stereocenters. The summed E-state index contributed by atoms with van der Waals surface area (Å²) in [5.74, 6) is 0. The Labute approximate surface area is 149 Å². The predicted octanol–water partition coefficient (Wildman–Crippen LogP) is 3.27. The van der Waals surface area contributed by atoms with Gasteiger partial charge in [-0.15, -0.1) is 0 Å². The Morgan fingerprint density at radius 1 is 1.21 bits per heavy atom. The van der Waals surface area contributed by atoms with E-state index >= 15 is 0 Å². The third-order valence-electron chi connectivity index (χ3n) is 4.03. The molecule has 5 heteroatoms. The van der Waals surface area contributed by atoms with Gasteiger partial charge < -0.3 is 15.1 Å². The molecule has 1 aromatic rings. The molecule has 1 heterocycles. The first-order valence-corrected chi connectivity index (χ1v) is 8.44. The number of halogens is 1. The van der Waals surface area contributed by atoms with Crippen LogP contribution in [0.15, 0.2) is 59.8 Å². The Bertz CT molecular complexity index is 610. The Morgan fingerprint density at radius 3 is 2.42 bits per heavy atom. The lowest BCUT2D eigenvalue weighted by Crippen LogP contribution is -2.45. The van der Waals surface area contributed by atoms with Crippen LogP contribution in [0.5, 0.6) is 0 Å². The zero-order valence-corrected chi connectivity index (χ0v) is 14.8. The van der Waals surface area contributed by atoms with Gasteiger partial charge >= 0.3 is 0 Å². The molecule has 1 saturated heterocycles. The summed E-state index contributed by atoms with van der Waals surface area (Å²) in [6.45, 7) is 10.1. The number of anilines is 1. The summed E-state index contributed by atoms with van der Waals surface area (Å²) >= 11 is 5.90. The highest BCUT2D eigenvalue weighted by molar-refractivity contribution is 6.29. The number of benzene rings is 1. The highest BCUT2D eigenvalue weighted by atomic mass is 35.5. The zero-order valence-electron chi connectivity index (χ0n) is 14.0. The van der Waals surface area contributed by atoms with Crippen LogP contribution in [0.3, 0.4) is 0 Å². The number of nitrogens with one attached hydrogen (secondary N) is 1. The number of nitrogens with zero attached hydrogens (tertiary/aromatic N) is 2. The van der Waals surface area contributed by atoms with E-state index in [9.17, 15) is 4.79 Å². The fraction of sp³-hybridized carbons (Fsp3) is 0.316. The summed E-state index contributed by atoms with van der Waals surface area (Å²) in [7, 11) is 0. The van der Waals surface area contributed by atoms with Crippen molar-refractivity contribution in [3.05, 3.63) is 65.4 Å². The number of piperazine rings is 1. The summed E-state index contributed by atoms with van der Waals surface area (Å²) in [5.41, 5.74) is 3.42. The highest BCUT2D eigenvalue weighted by Gasteiger charge is 2.17. The monoisotopic (exact) mass is 345 g/mol. The van der Waals surface area contributed by atoms with Crippen molar-refractivity contribution in [3.63, 3.8) is 0 Å². The summed E-state index contributed by atoms with van der Waals surface area (Å²) < 4.78 is 0. The summed E-state index contributed by atoms with van der Waals surface area (Å²) in [5, 5.41) is 3.44. The Morgan fingerprint density at radius 2 is 1.88 bits per heavy atom. The molecule has 1 amide bonds. The van der Waals surface area contributed by atoms with E-state index in [1.165, 1.54) is 5.69 Å². The maximum absolute atomic E-state index is 10.3. The molecule has 128 valence electrons. The number of hydrogen-bond acceptors (Lipinski definition) is 3. The van der Waals surface area contributed by atoms with Gasteiger partial charge in [0.25, 0.3) is 0 Å². The maximum Gasteiger partial charge on any atom is 0.207 e. The maximum atomic E-state index is 10.3. The number of carbonyl (C=O) groups is 1. The topological polar surface area (TPSA) is 35.6 Å². The molecular weight excluding hydrogens is 322 g/mol. The molecule has 1 aromatic carbocycles. The second-order valence-electron chi connectivity index (χ2n) is 5.69. The molecule has 24 heavy (non-hydrogen) atoms. The molecule has 1 aliphatic heterocycles. The Balaban J connectivity index is 1.94. The van der Waals surface area contributed by atoms with Crippen molar-refractivity contribution in [2.45, 2.75) is 13.5 Å². The van der Waals surface area contributed by atoms with Crippen molar-refractivity contribution in [2.75, 3.05) is 31.1 Å². The van der Waals surface area contributed by atoms with Crippen molar-refractivity contribution in [1.29, 1.82) is 0 Å². The molecule has 2 rings (SSSR count). The van der Waals surface area contributed by atoms with Gasteiger partial charge in [-0.05, 0) is 42.8 Å². The predicted molar refractivity (Wildman–Crippen MR) is 101 cm³/mol. The lowest BCUT2D eigenvalue weighted by molar-refractivity contribution is -0.109. The van der Waals surface area contributed by atoms with E-state index in [0.717, 1.165) is 48.9 Å². The number of carbonyl (C=O) groups excluding carboxylic acids is 1. The van der Waals surface area contributed by atoms with E-state index in [-0.39, 0.29) is 0 Å². The fourth-order valence-corrected chi connectivity index (χ4v) is 2.77. The molecule has 0 radical (unpaired) electrons. The lowest BCUT2D eigenvalue weighted by Gasteiger charge is -2.37. The molecule has 0 saturated carbocycles. The lowest BCUT2D eigenvalue weighted by atomic mass is 10.1. The van der Waals surface area contributed by atoms with Gasteiger partial charge in [-0.3, -0.25) is 4.79 Å². The van der Waals surface area contributed by atoms with Gasteiger partial charge in [-0.1, -0.05) is 30.3 Å². The minimum absolute atomic E-state index is 0.568. The number of hydrogen-bond donors (Lipinski definition) is 1. The van der Waals surface area contributed by atoms with Crippen LogP contribution in [-0.4, -0.2) is 37.5 Å². The molecule has 1 aliphatic rings. The minimum Gasteiger partial charge on any atom is -0.368 e. The molecule has 0 aromatic heterocycles. The first-order valence-electron chi connectivity index (χ1n) is 8.06. The van der Waals surface area contributed by atoms with Gasteiger partial charge in [-0.25, -0.2) is 0 Å². The molecule has 0 aliphatic carbocycles. The second kappa shape index (κ2) is 9.18.